The van der Waals surface area contributed by atoms with Crippen molar-refractivity contribution in [2.45, 2.75) is 38.1 Å². The van der Waals surface area contributed by atoms with E-state index >= 15 is 0 Å². The molecule has 0 amide bonds. The van der Waals surface area contributed by atoms with Gasteiger partial charge in [-0.2, -0.15) is 17.0 Å². The number of nitrogens with zero attached hydrogens (tertiary/aromatic N) is 2. The fraction of sp³-hybridized carbons (Fsp3) is 1.00. The van der Waals surface area contributed by atoms with Crippen molar-refractivity contribution in [1.29, 1.82) is 0 Å². The van der Waals surface area contributed by atoms with Crippen LogP contribution in [0.2, 0.25) is 0 Å². The zero-order valence-corrected chi connectivity index (χ0v) is 10.5. The number of rotatable bonds is 2. The van der Waals surface area contributed by atoms with Gasteiger partial charge in [0, 0.05) is 32.2 Å². The topological polar surface area (TPSA) is 66.6 Å². The molecule has 16 heavy (non-hydrogen) atoms. The van der Waals surface area contributed by atoms with Gasteiger partial charge in [-0.1, -0.05) is 0 Å². The van der Waals surface area contributed by atoms with Crippen molar-refractivity contribution in [2.24, 2.45) is 5.73 Å². The molecule has 5 nitrogen and oxygen atoms in total. The van der Waals surface area contributed by atoms with Crippen LogP contribution < -0.4 is 5.73 Å². The monoisotopic (exact) mass is 247 g/mol. The fourth-order valence-electron chi connectivity index (χ4n) is 2.41. The largest absolute Gasteiger partial charge is 0.328 e. The smallest absolute Gasteiger partial charge is 0.281 e. The highest BCUT2D eigenvalue weighted by molar-refractivity contribution is 7.86. The highest BCUT2D eigenvalue weighted by Gasteiger charge is 2.32. The fourth-order valence-corrected chi connectivity index (χ4v) is 4.15. The van der Waals surface area contributed by atoms with Gasteiger partial charge in [0.1, 0.15) is 0 Å². The summed E-state index contributed by atoms with van der Waals surface area (Å²) in [6.07, 6.45) is 4.59. The summed E-state index contributed by atoms with van der Waals surface area (Å²) in [6.45, 7) is 2.59. The van der Waals surface area contributed by atoms with E-state index in [1.807, 2.05) is 0 Å². The third kappa shape index (κ3) is 2.56. The summed E-state index contributed by atoms with van der Waals surface area (Å²) in [5, 5.41) is 0. The van der Waals surface area contributed by atoms with Crippen LogP contribution in [0.25, 0.3) is 0 Å². The van der Waals surface area contributed by atoms with Crippen LogP contribution >= 0.6 is 0 Å². The van der Waals surface area contributed by atoms with Crippen LogP contribution in [0.3, 0.4) is 0 Å². The molecule has 0 spiro atoms. The average Bonchev–Trinajstić information content (AvgIpc) is 2.68. The summed E-state index contributed by atoms with van der Waals surface area (Å²) in [4.78, 5) is 0. The molecule has 2 saturated heterocycles. The van der Waals surface area contributed by atoms with Gasteiger partial charge < -0.3 is 5.73 Å². The molecule has 2 heterocycles. The minimum absolute atomic E-state index is 0.166. The number of hydrogen-bond donors (Lipinski definition) is 1. The van der Waals surface area contributed by atoms with Gasteiger partial charge in [-0.25, -0.2) is 0 Å². The lowest BCUT2D eigenvalue weighted by Crippen LogP contribution is -2.43. The molecule has 0 aromatic carbocycles. The second kappa shape index (κ2) is 5.00. The van der Waals surface area contributed by atoms with Crippen molar-refractivity contribution >= 4 is 10.2 Å². The molecule has 0 radical (unpaired) electrons. The molecule has 2 N–H and O–H groups in total. The van der Waals surface area contributed by atoms with E-state index in [0.717, 1.165) is 32.1 Å². The maximum atomic E-state index is 12.3. The highest BCUT2D eigenvalue weighted by atomic mass is 32.2. The average molecular weight is 247 g/mol. The molecule has 0 aliphatic carbocycles. The molecule has 0 aromatic heterocycles. The zero-order chi connectivity index (χ0) is 11.6. The van der Waals surface area contributed by atoms with Gasteiger partial charge in [0.15, 0.2) is 0 Å². The number of nitrogens with two attached hydrogens (primary N) is 1. The molecule has 1 unspecified atom stereocenters. The van der Waals surface area contributed by atoms with Crippen molar-refractivity contribution in [3.8, 4) is 0 Å². The lowest BCUT2D eigenvalue weighted by molar-refractivity contribution is 0.366. The summed E-state index contributed by atoms with van der Waals surface area (Å²) in [7, 11) is -3.20. The highest BCUT2D eigenvalue weighted by Crippen LogP contribution is 2.19. The molecule has 0 saturated carbocycles. The molecular formula is C10H21N3O2S. The predicted molar refractivity (Wildman–Crippen MR) is 63.1 cm³/mol. The Kier molecular flexibility index (Phi) is 3.84. The second-order valence-electron chi connectivity index (χ2n) is 4.70. The van der Waals surface area contributed by atoms with Crippen molar-refractivity contribution in [1.82, 2.24) is 8.61 Å². The van der Waals surface area contributed by atoms with E-state index in [0.29, 0.717) is 26.2 Å². The van der Waals surface area contributed by atoms with Gasteiger partial charge >= 0.3 is 0 Å². The van der Waals surface area contributed by atoms with Crippen LogP contribution in [-0.4, -0.2) is 49.2 Å². The van der Waals surface area contributed by atoms with Crippen LogP contribution in [0.5, 0.6) is 0 Å². The van der Waals surface area contributed by atoms with Gasteiger partial charge in [-0.15, -0.1) is 0 Å². The zero-order valence-electron chi connectivity index (χ0n) is 9.64. The lowest BCUT2D eigenvalue weighted by atomic mass is 10.1. The first kappa shape index (κ1) is 12.3. The normalized spacial score (nSPS) is 30.4. The van der Waals surface area contributed by atoms with Gasteiger partial charge in [0.2, 0.25) is 0 Å². The quantitative estimate of drug-likeness (QED) is 0.755. The van der Waals surface area contributed by atoms with Crippen LogP contribution in [-0.2, 0) is 10.2 Å². The van der Waals surface area contributed by atoms with Gasteiger partial charge in [-0.3, -0.25) is 0 Å². The molecule has 1 atom stereocenters. The van der Waals surface area contributed by atoms with Crippen LogP contribution in [0.4, 0.5) is 0 Å². The van der Waals surface area contributed by atoms with E-state index < -0.39 is 10.2 Å². The Bertz CT molecular complexity index is 325. The second-order valence-corrected chi connectivity index (χ2v) is 6.63. The Morgan fingerprint density at radius 3 is 2.12 bits per heavy atom. The maximum Gasteiger partial charge on any atom is 0.281 e. The van der Waals surface area contributed by atoms with Crippen molar-refractivity contribution < 1.29 is 8.42 Å². The van der Waals surface area contributed by atoms with Crippen LogP contribution in [0, 0.1) is 0 Å². The lowest BCUT2D eigenvalue weighted by Gasteiger charge is -2.25. The van der Waals surface area contributed by atoms with Crippen LogP contribution in [0.1, 0.15) is 32.1 Å². The standard InChI is InChI=1S/C10H21N3O2S/c11-10-4-3-8-13(9-5-10)16(14,15)12-6-1-2-7-12/h10H,1-9,11H2. The first-order valence-electron chi connectivity index (χ1n) is 6.11. The van der Waals surface area contributed by atoms with Gasteiger partial charge in [-0.05, 0) is 32.1 Å². The Hall–Kier alpha value is -0.170. The molecule has 0 bridgehead atoms. The van der Waals surface area contributed by atoms with E-state index in [9.17, 15) is 8.42 Å². The minimum atomic E-state index is -3.20. The number of hydrogen-bond acceptors (Lipinski definition) is 3. The van der Waals surface area contributed by atoms with E-state index in [1.165, 1.54) is 0 Å². The third-order valence-corrected chi connectivity index (χ3v) is 5.48. The van der Waals surface area contributed by atoms with E-state index in [2.05, 4.69) is 0 Å². The van der Waals surface area contributed by atoms with Gasteiger partial charge in [0.25, 0.3) is 10.2 Å². The molecule has 2 aliphatic rings. The van der Waals surface area contributed by atoms with E-state index in [4.69, 9.17) is 5.73 Å². The molecule has 6 heteroatoms. The molecule has 0 aromatic rings. The molecule has 2 rings (SSSR count). The summed E-state index contributed by atoms with van der Waals surface area (Å²) in [5.41, 5.74) is 5.86. The van der Waals surface area contributed by atoms with Crippen molar-refractivity contribution in [3.63, 3.8) is 0 Å². The maximum absolute atomic E-state index is 12.3. The summed E-state index contributed by atoms with van der Waals surface area (Å²) >= 11 is 0. The predicted octanol–water partition coefficient (Wildman–Crippen LogP) is 0.140. The Labute approximate surface area is 97.8 Å². The molecule has 2 aliphatic heterocycles. The van der Waals surface area contributed by atoms with Crippen molar-refractivity contribution in [2.75, 3.05) is 26.2 Å². The SMILES string of the molecule is NC1CCCN(S(=O)(=O)N2CCCC2)CC1. The summed E-state index contributed by atoms with van der Waals surface area (Å²) in [6, 6.07) is 0.166. The first-order valence-corrected chi connectivity index (χ1v) is 7.51. The minimum Gasteiger partial charge on any atom is -0.328 e. The molecule has 94 valence electrons. The summed E-state index contributed by atoms with van der Waals surface area (Å²) < 4.78 is 27.7. The van der Waals surface area contributed by atoms with E-state index in [1.54, 1.807) is 8.61 Å². The third-order valence-electron chi connectivity index (χ3n) is 3.45. The van der Waals surface area contributed by atoms with E-state index in [-0.39, 0.29) is 6.04 Å². The Balaban J connectivity index is 2.04. The molecule has 2 fully saturated rings. The summed E-state index contributed by atoms with van der Waals surface area (Å²) in [5.74, 6) is 0. The van der Waals surface area contributed by atoms with Crippen molar-refractivity contribution in [3.05, 3.63) is 0 Å². The first-order chi connectivity index (χ1) is 7.60. The Morgan fingerprint density at radius 1 is 0.875 bits per heavy atom. The van der Waals surface area contributed by atoms with Crippen LogP contribution in [0.15, 0.2) is 0 Å². The van der Waals surface area contributed by atoms with Gasteiger partial charge in [0.05, 0.1) is 0 Å². The molecular weight excluding hydrogens is 226 g/mol. The Morgan fingerprint density at radius 2 is 1.44 bits per heavy atom.